The first-order valence-corrected chi connectivity index (χ1v) is 6.82. The Morgan fingerprint density at radius 1 is 1.50 bits per heavy atom. The zero-order valence-corrected chi connectivity index (χ0v) is 11.6. The summed E-state index contributed by atoms with van der Waals surface area (Å²) in [6.45, 7) is 8.35. The first-order valence-electron chi connectivity index (χ1n) is 6.82. The second kappa shape index (κ2) is 6.32. The molecule has 18 heavy (non-hydrogen) atoms. The summed E-state index contributed by atoms with van der Waals surface area (Å²) in [6, 6.07) is 8.96. The molecular weight excluding hydrogens is 224 g/mol. The number of hydrogen-bond acceptors (Lipinski definition) is 3. The van der Waals surface area contributed by atoms with Crippen molar-refractivity contribution in [2.45, 2.75) is 26.0 Å². The molecule has 3 heteroatoms. The molecule has 2 rings (SSSR count). The van der Waals surface area contributed by atoms with E-state index < -0.39 is 0 Å². The van der Waals surface area contributed by atoms with Crippen molar-refractivity contribution in [2.75, 3.05) is 33.3 Å². The van der Waals surface area contributed by atoms with Gasteiger partial charge < -0.3 is 10.1 Å². The van der Waals surface area contributed by atoms with Gasteiger partial charge in [-0.15, -0.1) is 0 Å². The molecular formula is C15H24N2O. The predicted octanol–water partition coefficient (Wildman–Crippen LogP) is 1.98. The third kappa shape index (κ3) is 3.10. The van der Waals surface area contributed by atoms with E-state index in [0.29, 0.717) is 0 Å². The molecule has 1 aliphatic heterocycles. The van der Waals surface area contributed by atoms with Crippen LogP contribution in [0.3, 0.4) is 0 Å². The summed E-state index contributed by atoms with van der Waals surface area (Å²) in [5.74, 6) is 0. The number of nitrogens with zero attached hydrogens (tertiary/aromatic N) is 1. The number of benzene rings is 1. The number of likely N-dealkylation sites (N-methyl/N-ethyl adjacent to an activating group) is 2. The first-order chi connectivity index (χ1) is 8.74. The van der Waals surface area contributed by atoms with Gasteiger partial charge in [-0.25, -0.2) is 0 Å². The summed E-state index contributed by atoms with van der Waals surface area (Å²) >= 11 is 0. The van der Waals surface area contributed by atoms with E-state index in [1.165, 1.54) is 11.1 Å². The third-order valence-corrected chi connectivity index (χ3v) is 3.71. The molecule has 1 N–H and O–H groups in total. The summed E-state index contributed by atoms with van der Waals surface area (Å²) in [7, 11) is 2.02. The Hall–Kier alpha value is -0.900. The number of aryl methyl sites for hydroxylation is 1. The van der Waals surface area contributed by atoms with Crippen LogP contribution in [0.4, 0.5) is 0 Å². The van der Waals surface area contributed by atoms with Gasteiger partial charge in [0.05, 0.1) is 18.8 Å². The van der Waals surface area contributed by atoms with Crippen molar-refractivity contribution in [3.63, 3.8) is 0 Å². The van der Waals surface area contributed by atoms with Gasteiger partial charge >= 0.3 is 0 Å². The van der Waals surface area contributed by atoms with Gasteiger partial charge in [0, 0.05) is 13.1 Å². The molecule has 100 valence electrons. The third-order valence-electron chi connectivity index (χ3n) is 3.71. The SMILES string of the molecule is CCN1CCOC(C(NC)c2cccc(C)c2)C1. The van der Waals surface area contributed by atoms with Gasteiger partial charge in [-0.1, -0.05) is 36.8 Å². The molecule has 0 radical (unpaired) electrons. The van der Waals surface area contributed by atoms with Crippen molar-refractivity contribution in [2.24, 2.45) is 0 Å². The van der Waals surface area contributed by atoms with Crippen LogP contribution in [0, 0.1) is 6.92 Å². The maximum absolute atomic E-state index is 5.95. The number of ether oxygens (including phenoxy) is 1. The van der Waals surface area contributed by atoms with Gasteiger partial charge in [0.15, 0.2) is 0 Å². The van der Waals surface area contributed by atoms with Crippen LogP contribution >= 0.6 is 0 Å². The minimum Gasteiger partial charge on any atom is -0.374 e. The van der Waals surface area contributed by atoms with E-state index in [0.717, 1.165) is 26.2 Å². The predicted molar refractivity (Wildman–Crippen MR) is 74.8 cm³/mol. The number of hydrogen-bond donors (Lipinski definition) is 1. The lowest BCUT2D eigenvalue weighted by atomic mass is 9.98. The Kier molecular flexibility index (Phi) is 4.75. The van der Waals surface area contributed by atoms with Crippen LogP contribution in [0.1, 0.15) is 24.1 Å². The van der Waals surface area contributed by atoms with Crippen molar-refractivity contribution in [1.29, 1.82) is 0 Å². The van der Waals surface area contributed by atoms with Crippen molar-refractivity contribution in [3.05, 3.63) is 35.4 Å². The van der Waals surface area contributed by atoms with Crippen LogP contribution in [0.15, 0.2) is 24.3 Å². The van der Waals surface area contributed by atoms with Crippen LogP contribution in [0.25, 0.3) is 0 Å². The highest BCUT2D eigenvalue weighted by molar-refractivity contribution is 5.26. The molecule has 0 aliphatic carbocycles. The first kappa shape index (κ1) is 13.5. The number of nitrogens with one attached hydrogen (secondary N) is 1. The molecule has 1 heterocycles. The average Bonchev–Trinajstić information content (AvgIpc) is 2.40. The normalized spacial score (nSPS) is 22.9. The second-order valence-corrected chi connectivity index (χ2v) is 4.98. The average molecular weight is 248 g/mol. The van der Waals surface area contributed by atoms with Gasteiger partial charge in [-0.2, -0.15) is 0 Å². The Bertz CT molecular complexity index is 381. The van der Waals surface area contributed by atoms with Gasteiger partial charge in [0.2, 0.25) is 0 Å². The van der Waals surface area contributed by atoms with Crippen molar-refractivity contribution < 1.29 is 4.74 Å². The monoisotopic (exact) mass is 248 g/mol. The summed E-state index contributed by atoms with van der Waals surface area (Å²) < 4.78 is 5.95. The van der Waals surface area contributed by atoms with Gasteiger partial charge in [-0.3, -0.25) is 4.90 Å². The van der Waals surface area contributed by atoms with Crippen LogP contribution < -0.4 is 5.32 Å². The second-order valence-electron chi connectivity index (χ2n) is 4.98. The van der Waals surface area contributed by atoms with Crippen molar-refractivity contribution in [3.8, 4) is 0 Å². The number of morpholine rings is 1. The maximum atomic E-state index is 5.95. The fourth-order valence-corrected chi connectivity index (χ4v) is 2.65. The quantitative estimate of drug-likeness (QED) is 0.882. The highest BCUT2D eigenvalue weighted by Gasteiger charge is 2.27. The smallest absolute Gasteiger partial charge is 0.0896 e. The van der Waals surface area contributed by atoms with E-state index in [2.05, 4.69) is 48.3 Å². The zero-order valence-electron chi connectivity index (χ0n) is 11.6. The van der Waals surface area contributed by atoms with Gasteiger partial charge in [-0.05, 0) is 26.1 Å². The Labute approximate surface area is 110 Å². The molecule has 1 saturated heterocycles. The molecule has 0 aromatic heterocycles. The van der Waals surface area contributed by atoms with Crippen molar-refractivity contribution >= 4 is 0 Å². The largest absolute Gasteiger partial charge is 0.374 e. The molecule has 0 bridgehead atoms. The summed E-state index contributed by atoms with van der Waals surface area (Å²) in [4.78, 5) is 2.45. The molecule has 1 aliphatic rings. The highest BCUT2D eigenvalue weighted by atomic mass is 16.5. The Morgan fingerprint density at radius 2 is 2.33 bits per heavy atom. The highest BCUT2D eigenvalue weighted by Crippen LogP contribution is 2.22. The fraction of sp³-hybridized carbons (Fsp3) is 0.600. The van der Waals surface area contributed by atoms with Crippen LogP contribution in [0.2, 0.25) is 0 Å². The molecule has 2 atom stereocenters. The van der Waals surface area contributed by atoms with Gasteiger partial charge in [0.1, 0.15) is 0 Å². The topological polar surface area (TPSA) is 24.5 Å². The van der Waals surface area contributed by atoms with E-state index in [4.69, 9.17) is 4.74 Å². The lowest BCUT2D eigenvalue weighted by molar-refractivity contribution is -0.0444. The van der Waals surface area contributed by atoms with Crippen molar-refractivity contribution in [1.82, 2.24) is 10.2 Å². The lowest BCUT2D eigenvalue weighted by Gasteiger charge is -2.36. The molecule has 1 aromatic rings. The molecule has 0 amide bonds. The van der Waals surface area contributed by atoms with E-state index in [1.807, 2.05) is 7.05 Å². The minimum absolute atomic E-state index is 0.241. The lowest BCUT2D eigenvalue weighted by Crippen LogP contribution is -2.47. The summed E-state index contributed by atoms with van der Waals surface area (Å²) in [6.07, 6.45) is 0.241. The molecule has 0 spiro atoms. The Balaban J connectivity index is 2.12. The van der Waals surface area contributed by atoms with E-state index in [-0.39, 0.29) is 12.1 Å². The Morgan fingerprint density at radius 3 is 3.00 bits per heavy atom. The molecule has 3 nitrogen and oxygen atoms in total. The van der Waals surface area contributed by atoms with E-state index in [1.54, 1.807) is 0 Å². The minimum atomic E-state index is 0.241. The molecule has 2 unspecified atom stereocenters. The van der Waals surface area contributed by atoms with Crippen LogP contribution in [-0.2, 0) is 4.74 Å². The fourth-order valence-electron chi connectivity index (χ4n) is 2.65. The summed E-state index contributed by atoms with van der Waals surface area (Å²) in [5.41, 5.74) is 2.62. The van der Waals surface area contributed by atoms with Gasteiger partial charge in [0.25, 0.3) is 0 Å². The van der Waals surface area contributed by atoms with Crippen LogP contribution in [0.5, 0.6) is 0 Å². The molecule has 1 aromatic carbocycles. The van der Waals surface area contributed by atoms with E-state index >= 15 is 0 Å². The molecule has 0 saturated carbocycles. The van der Waals surface area contributed by atoms with Crippen LogP contribution in [-0.4, -0.2) is 44.3 Å². The maximum Gasteiger partial charge on any atom is 0.0896 e. The summed E-state index contributed by atoms with van der Waals surface area (Å²) in [5, 5.41) is 3.41. The number of rotatable bonds is 4. The standard InChI is InChI=1S/C15H24N2O/c1-4-17-8-9-18-14(11-17)15(16-3)13-7-5-6-12(2)10-13/h5-7,10,14-16H,4,8-9,11H2,1-3H3. The molecule has 1 fully saturated rings. The van der Waals surface area contributed by atoms with E-state index in [9.17, 15) is 0 Å². The zero-order chi connectivity index (χ0) is 13.0.